The van der Waals surface area contributed by atoms with Crippen LogP contribution in [-0.4, -0.2) is 29.9 Å². The smallest absolute Gasteiger partial charge is 0.213 e. The largest absolute Gasteiger partial charge is 0.378 e. The maximum atomic E-state index is 8.51. The number of nitrogens with one attached hydrogen (secondary N) is 1. The summed E-state index contributed by atoms with van der Waals surface area (Å²) in [7, 11) is 0. The summed E-state index contributed by atoms with van der Waals surface area (Å²) in [5.74, 6) is 0.0676. The van der Waals surface area contributed by atoms with Crippen molar-refractivity contribution < 1.29 is 9.94 Å². The van der Waals surface area contributed by atoms with E-state index in [4.69, 9.17) is 15.7 Å². The zero-order chi connectivity index (χ0) is 10.8. The number of hydrogen-bond donors (Lipinski definition) is 3. The van der Waals surface area contributed by atoms with Gasteiger partial charge >= 0.3 is 0 Å². The second-order valence-electron chi connectivity index (χ2n) is 4.14. The fraction of sp³-hybridized carbons (Fsp3) is 0.889. The molecule has 1 aliphatic carbocycles. The molecule has 2 atom stereocenters. The molecule has 1 rings (SSSR count). The molecular formula is C9H19N3O2. The summed E-state index contributed by atoms with van der Waals surface area (Å²) in [6.45, 7) is 6.89. The van der Waals surface area contributed by atoms with Gasteiger partial charge in [-0.25, -0.2) is 10.5 Å². The van der Waals surface area contributed by atoms with Gasteiger partial charge < -0.3 is 10.5 Å². The van der Waals surface area contributed by atoms with Crippen molar-refractivity contribution in [1.82, 2.24) is 5.48 Å². The van der Waals surface area contributed by atoms with E-state index in [0.29, 0.717) is 0 Å². The quantitative estimate of drug-likeness (QED) is 0.352. The SMILES string of the molecule is CCOC1CC(N=C(N)NO)C1(C)C. The maximum Gasteiger partial charge on any atom is 0.213 e. The number of guanidine groups is 1. The average molecular weight is 201 g/mol. The van der Waals surface area contributed by atoms with Gasteiger partial charge in [-0.15, -0.1) is 0 Å². The van der Waals surface area contributed by atoms with E-state index in [1.54, 1.807) is 0 Å². The number of aliphatic imine (C=N–C) groups is 1. The number of hydrogen-bond acceptors (Lipinski definition) is 3. The third-order valence-corrected chi connectivity index (χ3v) is 2.90. The lowest BCUT2D eigenvalue weighted by Gasteiger charge is -2.49. The molecule has 1 saturated carbocycles. The molecule has 0 aromatic rings. The lowest BCUT2D eigenvalue weighted by Crippen LogP contribution is -2.54. The highest BCUT2D eigenvalue weighted by Gasteiger charge is 2.49. The molecule has 0 saturated heterocycles. The number of ether oxygens (including phenoxy) is 1. The third kappa shape index (κ3) is 1.99. The molecule has 0 heterocycles. The van der Waals surface area contributed by atoms with Gasteiger partial charge in [-0.05, 0) is 13.3 Å². The van der Waals surface area contributed by atoms with Crippen molar-refractivity contribution >= 4 is 5.96 Å². The Morgan fingerprint density at radius 2 is 2.36 bits per heavy atom. The lowest BCUT2D eigenvalue weighted by atomic mass is 9.65. The minimum absolute atomic E-state index is 0.00250. The predicted molar refractivity (Wildman–Crippen MR) is 54.1 cm³/mol. The van der Waals surface area contributed by atoms with Crippen LogP contribution in [0.1, 0.15) is 27.2 Å². The van der Waals surface area contributed by atoms with Crippen molar-refractivity contribution in [2.75, 3.05) is 6.61 Å². The minimum atomic E-state index is -0.00250. The average Bonchev–Trinajstić information content (AvgIpc) is 2.16. The summed E-state index contributed by atoms with van der Waals surface area (Å²) in [5.41, 5.74) is 7.21. The predicted octanol–water partition coefficient (Wildman–Crippen LogP) is 0.483. The van der Waals surface area contributed by atoms with Gasteiger partial charge in [0.15, 0.2) is 0 Å². The summed E-state index contributed by atoms with van der Waals surface area (Å²) < 4.78 is 5.55. The fourth-order valence-electron chi connectivity index (χ4n) is 1.76. The van der Waals surface area contributed by atoms with E-state index in [2.05, 4.69) is 18.8 Å². The normalized spacial score (nSPS) is 31.0. The highest BCUT2D eigenvalue weighted by Crippen LogP contribution is 2.44. The third-order valence-electron chi connectivity index (χ3n) is 2.90. The Morgan fingerprint density at radius 3 is 2.79 bits per heavy atom. The molecule has 0 bridgehead atoms. The van der Waals surface area contributed by atoms with Gasteiger partial charge in [0.1, 0.15) is 0 Å². The standard InChI is InChI=1S/C9H19N3O2/c1-4-14-7-5-6(9(7,2)3)11-8(10)12-13/h6-7,13H,4-5H2,1-3H3,(H3,10,11,12). The Hall–Kier alpha value is -0.810. The Kier molecular flexibility index (Phi) is 3.34. The number of hydroxylamine groups is 1. The van der Waals surface area contributed by atoms with Gasteiger partial charge in [-0.3, -0.25) is 5.21 Å². The van der Waals surface area contributed by atoms with Gasteiger partial charge in [0.25, 0.3) is 0 Å². The van der Waals surface area contributed by atoms with E-state index in [0.717, 1.165) is 13.0 Å². The van der Waals surface area contributed by atoms with Crippen LogP contribution in [0.2, 0.25) is 0 Å². The summed E-state index contributed by atoms with van der Waals surface area (Å²) >= 11 is 0. The second-order valence-corrected chi connectivity index (χ2v) is 4.14. The molecule has 0 aromatic carbocycles. The van der Waals surface area contributed by atoms with Crippen molar-refractivity contribution in [1.29, 1.82) is 0 Å². The molecule has 14 heavy (non-hydrogen) atoms. The van der Waals surface area contributed by atoms with Crippen molar-refractivity contribution in [3.63, 3.8) is 0 Å². The first-order valence-corrected chi connectivity index (χ1v) is 4.87. The van der Waals surface area contributed by atoms with Crippen LogP contribution >= 0.6 is 0 Å². The molecular weight excluding hydrogens is 182 g/mol. The van der Waals surface area contributed by atoms with Crippen LogP contribution < -0.4 is 11.2 Å². The molecule has 0 aliphatic heterocycles. The summed E-state index contributed by atoms with van der Waals surface area (Å²) in [6, 6.07) is 0.124. The molecule has 5 heteroatoms. The van der Waals surface area contributed by atoms with Crippen LogP contribution in [0.3, 0.4) is 0 Å². The van der Waals surface area contributed by atoms with Gasteiger partial charge in [-0.1, -0.05) is 13.8 Å². The van der Waals surface area contributed by atoms with E-state index < -0.39 is 0 Å². The maximum absolute atomic E-state index is 8.51. The zero-order valence-electron chi connectivity index (χ0n) is 8.95. The van der Waals surface area contributed by atoms with Crippen LogP contribution in [0, 0.1) is 5.41 Å². The fourth-order valence-corrected chi connectivity index (χ4v) is 1.76. The monoisotopic (exact) mass is 201 g/mol. The first-order chi connectivity index (χ1) is 6.52. The van der Waals surface area contributed by atoms with E-state index >= 15 is 0 Å². The van der Waals surface area contributed by atoms with Crippen LogP contribution in [0.4, 0.5) is 0 Å². The molecule has 1 fully saturated rings. The van der Waals surface area contributed by atoms with Gasteiger partial charge in [0, 0.05) is 12.0 Å². The highest BCUT2D eigenvalue weighted by molar-refractivity contribution is 5.76. The van der Waals surface area contributed by atoms with Crippen LogP contribution in [0.5, 0.6) is 0 Å². The van der Waals surface area contributed by atoms with Gasteiger partial charge in [0.05, 0.1) is 12.1 Å². The molecule has 82 valence electrons. The zero-order valence-corrected chi connectivity index (χ0v) is 8.95. The van der Waals surface area contributed by atoms with Crippen molar-refractivity contribution in [2.45, 2.75) is 39.3 Å². The van der Waals surface area contributed by atoms with Gasteiger partial charge in [-0.2, -0.15) is 0 Å². The molecule has 4 N–H and O–H groups in total. The first kappa shape index (κ1) is 11.3. The molecule has 5 nitrogen and oxygen atoms in total. The number of nitrogens with two attached hydrogens (primary N) is 1. The number of nitrogens with zero attached hydrogens (tertiary/aromatic N) is 1. The summed E-state index contributed by atoms with van der Waals surface area (Å²) in [5, 5.41) is 8.51. The van der Waals surface area contributed by atoms with Crippen LogP contribution in [0.15, 0.2) is 4.99 Å². The summed E-state index contributed by atoms with van der Waals surface area (Å²) in [4.78, 5) is 4.14. The molecule has 0 radical (unpaired) electrons. The molecule has 0 aromatic heterocycles. The molecule has 2 unspecified atom stereocenters. The molecule has 0 spiro atoms. The Bertz CT molecular complexity index is 228. The molecule has 1 aliphatic rings. The van der Waals surface area contributed by atoms with Crippen LogP contribution in [0.25, 0.3) is 0 Å². The van der Waals surface area contributed by atoms with E-state index in [-0.39, 0.29) is 23.5 Å². The Balaban J connectivity index is 2.54. The Labute approximate surface area is 84.3 Å². The Morgan fingerprint density at radius 1 is 1.71 bits per heavy atom. The lowest BCUT2D eigenvalue weighted by molar-refractivity contribution is -0.103. The van der Waals surface area contributed by atoms with Crippen molar-refractivity contribution in [3.05, 3.63) is 0 Å². The first-order valence-electron chi connectivity index (χ1n) is 4.87. The van der Waals surface area contributed by atoms with E-state index in [1.165, 1.54) is 0 Å². The number of rotatable bonds is 3. The van der Waals surface area contributed by atoms with E-state index in [1.807, 2.05) is 12.4 Å². The van der Waals surface area contributed by atoms with Gasteiger partial charge in [0.2, 0.25) is 5.96 Å². The summed E-state index contributed by atoms with van der Waals surface area (Å²) in [6.07, 6.45) is 1.11. The highest BCUT2D eigenvalue weighted by atomic mass is 16.5. The topological polar surface area (TPSA) is 79.9 Å². The second kappa shape index (κ2) is 4.14. The van der Waals surface area contributed by atoms with Crippen molar-refractivity contribution in [2.24, 2.45) is 16.1 Å². The van der Waals surface area contributed by atoms with Crippen LogP contribution in [-0.2, 0) is 4.74 Å². The van der Waals surface area contributed by atoms with Crippen molar-refractivity contribution in [3.8, 4) is 0 Å². The molecule has 0 amide bonds. The van der Waals surface area contributed by atoms with E-state index in [9.17, 15) is 0 Å². The minimum Gasteiger partial charge on any atom is -0.378 e.